The van der Waals surface area contributed by atoms with Crippen LogP contribution in [-0.4, -0.2) is 19.7 Å². The zero-order valence-electron chi connectivity index (χ0n) is 7.38. The van der Waals surface area contributed by atoms with Crippen LogP contribution in [-0.2, 0) is 6.54 Å². The molecule has 13 heavy (non-hydrogen) atoms. The van der Waals surface area contributed by atoms with E-state index in [9.17, 15) is 0 Å². The van der Waals surface area contributed by atoms with Crippen LogP contribution in [0.3, 0.4) is 0 Å². The molecule has 0 atom stereocenters. The molecule has 4 heteroatoms. The van der Waals surface area contributed by atoms with E-state index < -0.39 is 0 Å². The van der Waals surface area contributed by atoms with E-state index in [4.69, 9.17) is 0 Å². The molecule has 66 valence electrons. The van der Waals surface area contributed by atoms with E-state index in [0.717, 1.165) is 11.4 Å². The van der Waals surface area contributed by atoms with Crippen molar-refractivity contribution in [3.8, 4) is 0 Å². The van der Waals surface area contributed by atoms with Crippen LogP contribution < -0.4 is 0 Å². The molecule has 2 heterocycles. The average molecular weight is 174 g/mol. The molecule has 0 radical (unpaired) electrons. The second kappa shape index (κ2) is 3.35. The number of hydrogen-bond donors (Lipinski definition) is 0. The number of pyridine rings is 1. The van der Waals surface area contributed by atoms with Crippen molar-refractivity contribution < 1.29 is 0 Å². The SMILES string of the molecule is Cc1cccc(Cn2cncn2)n1. The van der Waals surface area contributed by atoms with Crippen molar-refractivity contribution in [3.63, 3.8) is 0 Å². The summed E-state index contributed by atoms with van der Waals surface area (Å²) in [4.78, 5) is 8.22. The van der Waals surface area contributed by atoms with Gasteiger partial charge in [-0.1, -0.05) is 6.07 Å². The van der Waals surface area contributed by atoms with E-state index in [-0.39, 0.29) is 0 Å². The molecule has 2 rings (SSSR count). The van der Waals surface area contributed by atoms with Crippen LogP contribution in [0.5, 0.6) is 0 Å². The minimum atomic E-state index is 0.682. The number of rotatable bonds is 2. The molecule has 0 unspecified atom stereocenters. The monoisotopic (exact) mass is 174 g/mol. The van der Waals surface area contributed by atoms with Crippen LogP contribution in [0.1, 0.15) is 11.4 Å². The van der Waals surface area contributed by atoms with Gasteiger partial charge in [0.15, 0.2) is 0 Å². The quantitative estimate of drug-likeness (QED) is 0.683. The maximum absolute atomic E-state index is 4.36. The first-order valence-corrected chi connectivity index (χ1v) is 4.09. The molecule has 0 saturated carbocycles. The number of hydrogen-bond acceptors (Lipinski definition) is 3. The first-order valence-electron chi connectivity index (χ1n) is 4.09. The summed E-state index contributed by atoms with van der Waals surface area (Å²) in [6, 6.07) is 5.95. The Kier molecular flexibility index (Phi) is 2.04. The molecule has 0 N–H and O–H groups in total. The second-order valence-corrected chi connectivity index (χ2v) is 2.86. The third-order valence-electron chi connectivity index (χ3n) is 1.74. The van der Waals surface area contributed by atoms with E-state index in [0.29, 0.717) is 6.54 Å². The highest BCUT2D eigenvalue weighted by Crippen LogP contribution is 1.99. The van der Waals surface area contributed by atoms with Gasteiger partial charge in [-0.25, -0.2) is 9.67 Å². The van der Waals surface area contributed by atoms with Crippen molar-refractivity contribution >= 4 is 0 Å². The van der Waals surface area contributed by atoms with Crippen LogP contribution >= 0.6 is 0 Å². The molecule has 0 aliphatic rings. The Labute approximate surface area is 76.3 Å². The lowest BCUT2D eigenvalue weighted by atomic mass is 10.3. The van der Waals surface area contributed by atoms with Crippen molar-refractivity contribution in [2.75, 3.05) is 0 Å². The zero-order chi connectivity index (χ0) is 9.10. The van der Waals surface area contributed by atoms with E-state index in [1.807, 2.05) is 25.1 Å². The summed E-state index contributed by atoms with van der Waals surface area (Å²) in [7, 11) is 0. The molecule has 0 fully saturated rings. The highest BCUT2D eigenvalue weighted by Gasteiger charge is 1.96. The Morgan fingerprint density at radius 3 is 3.00 bits per heavy atom. The normalized spacial score (nSPS) is 10.2. The fraction of sp³-hybridized carbons (Fsp3) is 0.222. The van der Waals surface area contributed by atoms with Gasteiger partial charge in [0.25, 0.3) is 0 Å². The number of nitrogens with zero attached hydrogens (tertiary/aromatic N) is 4. The van der Waals surface area contributed by atoms with Crippen LogP contribution in [0.4, 0.5) is 0 Å². The van der Waals surface area contributed by atoms with Gasteiger partial charge in [-0.05, 0) is 19.1 Å². The fourth-order valence-electron chi connectivity index (χ4n) is 1.17. The minimum absolute atomic E-state index is 0.682. The van der Waals surface area contributed by atoms with Gasteiger partial charge in [-0.3, -0.25) is 4.98 Å². The molecule has 4 nitrogen and oxygen atoms in total. The smallest absolute Gasteiger partial charge is 0.137 e. The standard InChI is InChI=1S/C9H10N4/c1-8-3-2-4-9(12-8)5-13-7-10-6-11-13/h2-4,6-7H,5H2,1H3. The largest absolute Gasteiger partial charge is 0.256 e. The van der Waals surface area contributed by atoms with Gasteiger partial charge in [0.05, 0.1) is 12.2 Å². The summed E-state index contributed by atoms with van der Waals surface area (Å²) in [5, 5.41) is 4.01. The summed E-state index contributed by atoms with van der Waals surface area (Å²) in [6.45, 7) is 2.66. The number of aryl methyl sites for hydroxylation is 1. The van der Waals surface area contributed by atoms with Gasteiger partial charge in [0, 0.05) is 5.69 Å². The lowest BCUT2D eigenvalue weighted by Crippen LogP contribution is -2.02. The van der Waals surface area contributed by atoms with E-state index in [1.54, 1.807) is 11.0 Å². The van der Waals surface area contributed by atoms with Crippen LogP contribution in [0, 0.1) is 6.92 Å². The van der Waals surface area contributed by atoms with Crippen LogP contribution in [0.15, 0.2) is 30.9 Å². The van der Waals surface area contributed by atoms with Crippen molar-refractivity contribution in [1.82, 2.24) is 19.7 Å². The maximum atomic E-state index is 4.36. The van der Waals surface area contributed by atoms with Gasteiger partial charge >= 0.3 is 0 Å². The predicted molar refractivity (Wildman–Crippen MR) is 48.1 cm³/mol. The second-order valence-electron chi connectivity index (χ2n) is 2.86. The van der Waals surface area contributed by atoms with Gasteiger partial charge < -0.3 is 0 Å². The van der Waals surface area contributed by atoms with Crippen molar-refractivity contribution in [2.24, 2.45) is 0 Å². The van der Waals surface area contributed by atoms with Gasteiger partial charge in [0.2, 0.25) is 0 Å². The summed E-state index contributed by atoms with van der Waals surface area (Å²) < 4.78 is 1.75. The first-order chi connectivity index (χ1) is 6.34. The molecule has 0 amide bonds. The predicted octanol–water partition coefficient (Wildman–Crippen LogP) is 1.03. The van der Waals surface area contributed by atoms with E-state index in [1.165, 1.54) is 6.33 Å². The summed E-state index contributed by atoms with van der Waals surface area (Å²) >= 11 is 0. The minimum Gasteiger partial charge on any atom is -0.256 e. The zero-order valence-corrected chi connectivity index (χ0v) is 7.38. The summed E-state index contributed by atoms with van der Waals surface area (Å²) in [5.74, 6) is 0. The highest BCUT2D eigenvalue weighted by atomic mass is 15.3. The van der Waals surface area contributed by atoms with E-state index in [2.05, 4.69) is 15.1 Å². The Hall–Kier alpha value is -1.71. The van der Waals surface area contributed by atoms with Crippen molar-refractivity contribution in [1.29, 1.82) is 0 Å². The van der Waals surface area contributed by atoms with Crippen LogP contribution in [0.25, 0.3) is 0 Å². The highest BCUT2D eigenvalue weighted by molar-refractivity contribution is 5.09. The van der Waals surface area contributed by atoms with E-state index >= 15 is 0 Å². The third-order valence-corrected chi connectivity index (χ3v) is 1.74. The summed E-state index contributed by atoms with van der Waals surface area (Å²) in [6.07, 6.45) is 3.21. The van der Waals surface area contributed by atoms with Crippen molar-refractivity contribution in [3.05, 3.63) is 42.2 Å². The molecule has 2 aromatic rings. The molecule has 0 saturated heterocycles. The Bertz CT molecular complexity index is 380. The first kappa shape index (κ1) is 7.91. The van der Waals surface area contributed by atoms with Gasteiger partial charge in [-0.15, -0.1) is 0 Å². The number of aromatic nitrogens is 4. The molecule has 0 aliphatic carbocycles. The lowest BCUT2D eigenvalue weighted by molar-refractivity contribution is 0.669. The Morgan fingerprint density at radius 2 is 2.31 bits per heavy atom. The van der Waals surface area contributed by atoms with Gasteiger partial charge in [-0.2, -0.15) is 5.10 Å². The van der Waals surface area contributed by atoms with Gasteiger partial charge in [0.1, 0.15) is 12.7 Å². The maximum Gasteiger partial charge on any atom is 0.137 e. The molecular formula is C9H10N4. The lowest BCUT2D eigenvalue weighted by Gasteiger charge is -2.00. The van der Waals surface area contributed by atoms with Crippen molar-refractivity contribution in [2.45, 2.75) is 13.5 Å². The topological polar surface area (TPSA) is 43.6 Å². The molecule has 0 bridgehead atoms. The third kappa shape index (κ3) is 1.90. The Morgan fingerprint density at radius 1 is 1.38 bits per heavy atom. The average Bonchev–Trinajstić information content (AvgIpc) is 2.57. The molecule has 0 spiro atoms. The fourth-order valence-corrected chi connectivity index (χ4v) is 1.17. The molecule has 0 aromatic carbocycles. The molecule has 0 aliphatic heterocycles. The van der Waals surface area contributed by atoms with Crippen LogP contribution in [0.2, 0.25) is 0 Å². The summed E-state index contributed by atoms with van der Waals surface area (Å²) in [5.41, 5.74) is 2.03. The molecular weight excluding hydrogens is 164 g/mol. The Balaban J connectivity index is 2.19. The molecule has 2 aromatic heterocycles.